The largest absolute Gasteiger partial charge is 0.480 e. The third kappa shape index (κ3) is 1.82. The molecule has 1 aromatic heterocycles. The predicted molar refractivity (Wildman–Crippen MR) is 51.5 cm³/mol. The van der Waals surface area contributed by atoms with Gasteiger partial charge in [0.1, 0.15) is 6.04 Å². The summed E-state index contributed by atoms with van der Waals surface area (Å²) in [5, 5.41) is 8.65. The number of aromatic nitrogens is 2. The summed E-state index contributed by atoms with van der Waals surface area (Å²) in [4.78, 5) is 33.4. The SMILES string of the molecule is Cn1cc([C@@H](N)C(=O)O)c(=O)n(C)c1=O. The standard InChI is InChI=1S/C8H11N3O4/c1-10-3-4(5(9)7(13)14)6(12)11(2)8(10)15/h3,5H,9H2,1-2H3,(H,13,14)/t5-/m1/s1. The molecule has 1 atom stereocenters. The fourth-order valence-electron chi connectivity index (χ4n) is 1.18. The number of rotatable bonds is 2. The van der Waals surface area contributed by atoms with E-state index in [4.69, 9.17) is 10.8 Å². The molecule has 82 valence electrons. The van der Waals surface area contributed by atoms with Gasteiger partial charge < -0.3 is 15.4 Å². The smallest absolute Gasteiger partial charge is 0.330 e. The van der Waals surface area contributed by atoms with Crippen molar-refractivity contribution in [2.75, 3.05) is 0 Å². The van der Waals surface area contributed by atoms with Gasteiger partial charge in [-0.25, -0.2) is 4.79 Å². The molecule has 0 bridgehead atoms. The monoisotopic (exact) mass is 213 g/mol. The number of aryl methyl sites for hydroxylation is 1. The third-order valence-corrected chi connectivity index (χ3v) is 2.07. The fraction of sp³-hybridized carbons (Fsp3) is 0.375. The maximum Gasteiger partial charge on any atom is 0.330 e. The second-order valence-corrected chi connectivity index (χ2v) is 3.16. The van der Waals surface area contributed by atoms with Crippen LogP contribution < -0.4 is 17.0 Å². The van der Waals surface area contributed by atoms with Crippen LogP contribution in [0, 0.1) is 0 Å². The highest BCUT2D eigenvalue weighted by atomic mass is 16.4. The molecule has 0 aliphatic heterocycles. The zero-order valence-electron chi connectivity index (χ0n) is 8.30. The lowest BCUT2D eigenvalue weighted by Crippen LogP contribution is -2.41. The Morgan fingerprint density at radius 1 is 1.47 bits per heavy atom. The van der Waals surface area contributed by atoms with Gasteiger partial charge in [0.05, 0.1) is 5.56 Å². The highest BCUT2D eigenvalue weighted by Gasteiger charge is 2.20. The van der Waals surface area contributed by atoms with Gasteiger partial charge in [-0.3, -0.25) is 14.2 Å². The first-order valence-corrected chi connectivity index (χ1v) is 4.11. The Labute approximate surface area is 84.4 Å². The molecule has 15 heavy (non-hydrogen) atoms. The van der Waals surface area contributed by atoms with Crippen LogP contribution in [0.2, 0.25) is 0 Å². The Bertz CT molecular complexity index is 514. The van der Waals surface area contributed by atoms with Crippen LogP contribution in [-0.2, 0) is 18.9 Å². The van der Waals surface area contributed by atoms with Crippen molar-refractivity contribution in [1.29, 1.82) is 0 Å². The van der Waals surface area contributed by atoms with Crippen molar-refractivity contribution in [3.05, 3.63) is 32.6 Å². The molecule has 3 N–H and O–H groups in total. The first-order chi connectivity index (χ1) is 6.86. The highest BCUT2D eigenvalue weighted by Crippen LogP contribution is 2.02. The highest BCUT2D eigenvalue weighted by molar-refractivity contribution is 5.74. The summed E-state index contributed by atoms with van der Waals surface area (Å²) >= 11 is 0. The second kappa shape index (κ2) is 3.70. The number of nitrogens with two attached hydrogens (primary N) is 1. The molecule has 7 nitrogen and oxygen atoms in total. The lowest BCUT2D eigenvalue weighted by Gasteiger charge is -2.09. The van der Waals surface area contributed by atoms with Crippen LogP contribution >= 0.6 is 0 Å². The zero-order chi connectivity index (χ0) is 11.7. The summed E-state index contributed by atoms with van der Waals surface area (Å²) in [7, 11) is 2.68. The van der Waals surface area contributed by atoms with Gasteiger partial charge >= 0.3 is 11.7 Å². The Kier molecular flexibility index (Phi) is 2.76. The van der Waals surface area contributed by atoms with Gasteiger partial charge in [-0.15, -0.1) is 0 Å². The Balaban J connectivity index is 3.53. The lowest BCUT2D eigenvalue weighted by atomic mass is 10.1. The van der Waals surface area contributed by atoms with Crippen LogP contribution in [0.15, 0.2) is 15.8 Å². The normalized spacial score (nSPS) is 12.5. The molecule has 0 fully saturated rings. The molecule has 1 aromatic rings. The van der Waals surface area contributed by atoms with E-state index in [1.165, 1.54) is 14.1 Å². The number of carboxylic acids is 1. The van der Waals surface area contributed by atoms with Gasteiger partial charge in [0.2, 0.25) is 0 Å². The predicted octanol–water partition coefficient (Wildman–Crippen LogP) is -1.83. The molecule has 7 heteroatoms. The number of hydrogen-bond acceptors (Lipinski definition) is 4. The first kappa shape index (κ1) is 11.2. The minimum Gasteiger partial charge on any atom is -0.480 e. The average molecular weight is 213 g/mol. The van der Waals surface area contributed by atoms with E-state index < -0.39 is 23.3 Å². The summed E-state index contributed by atoms with van der Waals surface area (Å²) in [6.45, 7) is 0. The summed E-state index contributed by atoms with van der Waals surface area (Å²) in [6.07, 6.45) is 1.14. The molecule has 0 radical (unpaired) electrons. The van der Waals surface area contributed by atoms with Crippen LogP contribution in [0.1, 0.15) is 11.6 Å². The van der Waals surface area contributed by atoms with Crippen molar-refractivity contribution < 1.29 is 9.90 Å². The van der Waals surface area contributed by atoms with E-state index in [0.717, 1.165) is 15.3 Å². The molecule has 0 spiro atoms. The van der Waals surface area contributed by atoms with Gasteiger partial charge in [-0.1, -0.05) is 0 Å². The van der Waals surface area contributed by atoms with Crippen molar-refractivity contribution in [3.8, 4) is 0 Å². The van der Waals surface area contributed by atoms with E-state index >= 15 is 0 Å². The van der Waals surface area contributed by atoms with Crippen LogP contribution in [0.5, 0.6) is 0 Å². The van der Waals surface area contributed by atoms with Gasteiger partial charge in [-0.2, -0.15) is 0 Å². The van der Waals surface area contributed by atoms with Crippen molar-refractivity contribution in [1.82, 2.24) is 9.13 Å². The Morgan fingerprint density at radius 2 is 2.00 bits per heavy atom. The zero-order valence-corrected chi connectivity index (χ0v) is 8.30. The topological polar surface area (TPSA) is 107 Å². The van der Waals surface area contributed by atoms with E-state index in [-0.39, 0.29) is 5.56 Å². The minimum atomic E-state index is -1.42. The van der Waals surface area contributed by atoms with E-state index in [1.54, 1.807) is 0 Å². The molecule has 0 aliphatic carbocycles. The maximum absolute atomic E-state index is 11.5. The molecule has 0 saturated heterocycles. The van der Waals surface area contributed by atoms with Gasteiger partial charge in [0.15, 0.2) is 0 Å². The fourth-order valence-corrected chi connectivity index (χ4v) is 1.18. The molecular weight excluding hydrogens is 202 g/mol. The minimum absolute atomic E-state index is 0.118. The maximum atomic E-state index is 11.5. The van der Waals surface area contributed by atoms with Gasteiger partial charge in [-0.05, 0) is 0 Å². The molecule has 0 amide bonds. The summed E-state index contributed by atoms with van der Waals surface area (Å²) in [5.41, 5.74) is 3.97. The summed E-state index contributed by atoms with van der Waals surface area (Å²) in [6, 6.07) is -1.42. The first-order valence-electron chi connectivity index (χ1n) is 4.11. The van der Waals surface area contributed by atoms with E-state index in [2.05, 4.69) is 0 Å². The van der Waals surface area contributed by atoms with E-state index in [9.17, 15) is 14.4 Å². The molecule has 0 aliphatic rings. The van der Waals surface area contributed by atoms with Crippen molar-refractivity contribution in [2.24, 2.45) is 19.8 Å². The number of hydrogen-bond donors (Lipinski definition) is 2. The number of carboxylic acid groups (broad SMARTS) is 1. The number of aliphatic carboxylic acids is 1. The molecule has 1 rings (SSSR count). The lowest BCUT2D eigenvalue weighted by molar-refractivity contribution is -0.138. The molecular formula is C8H11N3O4. The van der Waals surface area contributed by atoms with Crippen molar-refractivity contribution in [2.45, 2.75) is 6.04 Å². The van der Waals surface area contributed by atoms with E-state index in [1.807, 2.05) is 0 Å². The third-order valence-electron chi connectivity index (χ3n) is 2.07. The summed E-state index contributed by atoms with van der Waals surface area (Å²) in [5.74, 6) is -1.31. The molecule has 0 unspecified atom stereocenters. The average Bonchev–Trinajstić information content (AvgIpc) is 2.19. The van der Waals surface area contributed by atoms with E-state index in [0.29, 0.717) is 0 Å². The Hall–Kier alpha value is -1.89. The summed E-state index contributed by atoms with van der Waals surface area (Å²) < 4.78 is 1.93. The van der Waals surface area contributed by atoms with Gasteiger partial charge in [0, 0.05) is 20.3 Å². The number of carbonyl (C=O) groups is 1. The van der Waals surface area contributed by atoms with Crippen molar-refractivity contribution in [3.63, 3.8) is 0 Å². The van der Waals surface area contributed by atoms with Crippen LogP contribution in [0.25, 0.3) is 0 Å². The van der Waals surface area contributed by atoms with Gasteiger partial charge in [0.25, 0.3) is 5.56 Å². The van der Waals surface area contributed by atoms with Crippen molar-refractivity contribution >= 4 is 5.97 Å². The quantitative estimate of drug-likeness (QED) is 0.600. The van der Waals surface area contributed by atoms with Crippen LogP contribution in [-0.4, -0.2) is 20.2 Å². The molecule has 0 saturated carbocycles. The molecule has 1 heterocycles. The van der Waals surface area contributed by atoms with Crippen LogP contribution in [0.4, 0.5) is 0 Å². The Morgan fingerprint density at radius 3 is 2.47 bits per heavy atom. The van der Waals surface area contributed by atoms with Crippen LogP contribution in [0.3, 0.4) is 0 Å². The second-order valence-electron chi connectivity index (χ2n) is 3.16. The number of nitrogens with zero attached hydrogens (tertiary/aromatic N) is 2. The molecule has 0 aromatic carbocycles.